The largest absolute Gasteiger partial charge is 0.418 e. The fraction of sp³-hybridized carbons (Fsp3) is 0.444. The maximum absolute atomic E-state index is 10.4. The third-order valence-electron chi connectivity index (χ3n) is 1.18. The van der Waals surface area contributed by atoms with E-state index in [9.17, 15) is 4.79 Å². The summed E-state index contributed by atoms with van der Waals surface area (Å²) in [5.74, 6) is -0.383. The smallest absolute Gasteiger partial charge is 0.132 e. The van der Waals surface area contributed by atoms with Gasteiger partial charge in [-0.05, 0) is 0 Å². The Bertz CT molecular complexity index is 185. The van der Waals surface area contributed by atoms with Gasteiger partial charge < -0.3 is 10.5 Å². The quantitative estimate of drug-likeness (QED) is 0.726. The van der Waals surface area contributed by atoms with Crippen LogP contribution in [0.5, 0.6) is 0 Å². The summed E-state index contributed by atoms with van der Waals surface area (Å²) in [5, 5.41) is 0. The summed E-state index contributed by atoms with van der Waals surface area (Å²) in [7, 11) is 0. The van der Waals surface area contributed by atoms with E-state index in [1.165, 1.54) is 0 Å². The monoisotopic (exact) mass is 336 g/mol. The number of hydrogen-bond donors (Lipinski definition) is 1. The number of primary amides is 1. The van der Waals surface area contributed by atoms with Crippen molar-refractivity contribution in [3.8, 4) is 0 Å². The Morgan fingerprint density at radius 2 is 2.08 bits per heavy atom. The van der Waals surface area contributed by atoms with Crippen molar-refractivity contribution < 1.29 is 25.9 Å². The summed E-state index contributed by atoms with van der Waals surface area (Å²) in [6, 6.07) is 0. The van der Waals surface area contributed by atoms with Gasteiger partial charge in [0.1, 0.15) is 5.91 Å². The number of amides is 1. The zero-order chi connectivity index (χ0) is 8.69. The SMILES string of the molecule is CC.NC(=O)C1=CCCC=[C-]1.[W]. The van der Waals surface area contributed by atoms with Crippen molar-refractivity contribution >= 4 is 5.91 Å². The van der Waals surface area contributed by atoms with Gasteiger partial charge in [0.25, 0.3) is 0 Å². The second kappa shape index (κ2) is 8.73. The van der Waals surface area contributed by atoms with Crippen molar-refractivity contribution in [1.29, 1.82) is 0 Å². The minimum atomic E-state index is -0.383. The molecule has 1 rings (SSSR count). The van der Waals surface area contributed by atoms with Gasteiger partial charge >= 0.3 is 0 Å². The Labute approximate surface area is 88.2 Å². The predicted molar refractivity (Wildman–Crippen MR) is 45.7 cm³/mol. The molecule has 0 aliphatic heterocycles. The molecule has 0 aromatic heterocycles. The predicted octanol–water partition coefficient (Wildman–Crippen LogP) is 1.57. The van der Waals surface area contributed by atoms with Crippen molar-refractivity contribution in [3.63, 3.8) is 0 Å². The summed E-state index contributed by atoms with van der Waals surface area (Å²) in [6.07, 6.45) is 8.30. The molecule has 1 amide bonds. The molecule has 0 spiro atoms. The third kappa shape index (κ3) is 5.31. The topological polar surface area (TPSA) is 43.1 Å². The van der Waals surface area contributed by atoms with E-state index in [0.717, 1.165) is 12.8 Å². The Hall–Kier alpha value is -0.362. The third-order valence-corrected chi connectivity index (χ3v) is 1.18. The van der Waals surface area contributed by atoms with E-state index in [1.54, 1.807) is 0 Å². The average Bonchev–Trinajstić information content (AvgIpc) is 2.10. The summed E-state index contributed by atoms with van der Waals surface area (Å²) >= 11 is 0. The Morgan fingerprint density at radius 1 is 1.50 bits per heavy atom. The Balaban J connectivity index is 0. The van der Waals surface area contributed by atoms with Crippen LogP contribution in [0.1, 0.15) is 26.7 Å². The molecular weight excluding hydrogens is 322 g/mol. The van der Waals surface area contributed by atoms with E-state index in [1.807, 2.05) is 26.0 Å². The van der Waals surface area contributed by atoms with Gasteiger partial charge in [0.2, 0.25) is 0 Å². The van der Waals surface area contributed by atoms with Crippen LogP contribution in [0.25, 0.3) is 0 Å². The molecule has 0 atom stereocenters. The Kier molecular flexibility index (Phi) is 10.3. The van der Waals surface area contributed by atoms with Crippen LogP contribution in [0.4, 0.5) is 0 Å². The first-order chi connectivity index (χ1) is 5.30. The van der Waals surface area contributed by atoms with Crippen LogP contribution in [0, 0.1) is 6.08 Å². The molecule has 2 nitrogen and oxygen atoms in total. The molecule has 1 aliphatic rings. The minimum absolute atomic E-state index is 0. The second-order valence-electron chi connectivity index (χ2n) is 1.91. The molecule has 3 heteroatoms. The number of allylic oxidation sites excluding steroid dienone is 2. The van der Waals surface area contributed by atoms with Crippen molar-refractivity contribution in [2.75, 3.05) is 0 Å². The number of rotatable bonds is 1. The summed E-state index contributed by atoms with van der Waals surface area (Å²) in [5.41, 5.74) is 5.49. The van der Waals surface area contributed by atoms with E-state index in [0.29, 0.717) is 5.57 Å². The van der Waals surface area contributed by atoms with Gasteiger partial charge in [-0.15, -0.1) is 11.6 Å². The van der Waals surface area contributed by atoms with Gasteiger partial charge in [0.05, 0.1) is 0 Å². The van der Waals surface area contributed by atoms with Crippen LogP contribution in [0.2, 0.25) is 0 Å². The van der Waals surface area contributed by atoms with Crippen molar-refractivity contribution in [3.05, 3.63) is 23.8 Å². The van der Waals surface area contributed by atoms with Crippen LogP contribution in [-0.4, -0.2) is 5.91 Å². The van der Waals surface area contributed by atoms with Crippen molar-refractivity contribution in [2.24, 2.45) is 5.73 Å². The molecule has 68 valence electrons. The molecule has 2 N–H and O–H groups in total. The second-order valence-corrected chi connectivity index (χ2v) is 1.91. The van der Waals surface area contributed by atoms with Crippen LogP contribution < -0.4 is 5.73 Å². The number of nitrogens with two attached hydrogens (primary N) is 1. The van der Waals surface area contributed by atoms with Gasteiger partial charge in [0.15, 0.2) is 0 Å². The number of hydrogen-bond acceptors (Lipinski definition) is 1. The van der Waals surface area contributed by atoms with Gasteiger partial charge in [-0.2, -0.15) is 12.2 Å². The van der Waals surface area contributed by atoms with Gasteiger partial charge in [-0.1, -0.05) is 26.7 Å². The van der Waals surface area contributed by atoms with E-state index >= 15 is 0 Å². The molecule has 0 aromatic carbocycles. The fourth-order valence-electron chi connectivity index (χ4n) is 0.724. The molecule has 0 heterocycles. The Morgan fingerprint density at radius 3 is 2.33 bits per heavy atom. The fourth-order valence-corrected chi connectivity index (χ4v) is 0.724. The summed E-state index contributed by atoms with van der Waals surface area (Å²) < 4.78 is 0. The molecule has 12 heavy (non-hydrogen) atoms. The van der Waals surface area contributed by atoms with E-state index in [2.05, 4.69) is 6.08 Å². The summed E-state index contributed by atoms with van der Waals surface area (Å²) in [6.45, 7) is 4.00. The molecule has 0 unspecified atom stereocenters. The molecule has 0 aromatic rings. The number of carbonyl (C=O) groups excluding carboxylic acids is 1. The standard InChI is InChI=1S/C7H8NO.C2H6.W/c8-7(9)6-4-2-1-3-5-6;1-2;/h2,5H,1,3H2,(H2,8,9);1-2H3;/q-1;;. The van der Waals surface area contributed by atoms with Crippen LogP contribution in [0.3, 0.4) is 0 Å². The molecule has 0 bridgehead atoms. The molecule has 1 aliphatic carbocycles. The molecule has 0 saturated carbocycles. The number of carbonyl (C=O) groups is 1. The first-order valence-corrected chi connectivity index (χ1v) is 3.89. The maximum Gasteiger partial charge on any atom is 0.132 e. The van der Waals surface area contributed by atoms with Gasteiger partial charge in [-0.3, -0.25) is 0 Å². The molecule has 0 saturated heterocycles. The van der Waals surface area contributed by atoms with Crippen LogP contribution in [-0.2, 0) is 25.9 Å². The average molecular weight is 336 g/mol. The van der Waals surface area contributed by atoms with Crippen molar-refractivity contribution in [2.45, 2.75) is 26.7 Å². The maximum atomic E-state index is 10.4. The normalized spacial score (nSPS) is 13.3. The van der Waals surface area contributed by atoms with Crippen LogP contribution in [0.15, 0.2) is 17.7 Å². The first-order valence-electron chi connectivity index (χ1n) is 3.89. The van der Waals surface area contributed by atoms with Crippen LogP contribution >= 0.6 is 0 Å². The van der Waals surface area contributed by atoms with Crippen molar-refractivity contribution in [1.82, 2.24) is 0 Å². The first kappa shape index (κ1) is 14.2. The van der Waals surface area contributed by atoms with Gasteiger partial charge in [-0.25, -0.2) is 0 Å². The summed E-state index contributed by atoms with van der Waals surface area (Å²) in [4.78, 5) is 10.4. The van der Waals surface area contributed by atoms with E-state index in [4.69, 9.17) is 5.73 Å². The zero-order valence-electron chi connectivity index (χ0n) is 7.46. The molecule has 0 fully saturated rings. The minimum Gasteiger partial charge on any atom is -0.418 e. The van der Waals surface area contributed by atoms with E-state index < -0.39 is 0 Å². The van der Waals surface area contributed by atoms with E-state index in [-0.39, 0.29) is 27.0 Å². The zero-order valence-corrected chi connectivity index (χ0v) is 10.4. The molecule has 0 radical (unpaired) electrons. The van der Waals surface area contributed by atoms with Gasteiger partial charge in [0, 0.05) is 21.1 Å². The molecular formula is C9H14NOW-.